The van der Waals surface area contributed by atoms with E-state index >= 15 is 0 Å². The van der Waals surface area contributed by atoms with Gasteiger partial charge in [-0.3, -0.25) is 9.78 Å². The fraction of sp³-hybridized carbons (Fsp3) is 0.150. The molecule has 0 spiro atoms. The Morgan fingerprint density at radius 1 is 1.18 bits per heavy atom. The third-order valence-electron chi connectivity index (χ3n) is 3.75. The maximum absolute atomic E-state index is 13.0. The van der Waals surface area contributed by atoms with Crippen molar-refractivity contribution in [2.24, 2.45) is 5.10 Å². The van der Waals surface area contributed by atoms with Crippen LogP contribution in [-0.4, -0.2) is 23.3 Å². The van der Waals surface area contributed by atoms with Crippen LogP contribution in [-0.2, 0) is 6.61 Å². The summed E-state index contributed by atoms with van der Waals surface area (Å²) in [5.41, 5.74) is 4.61. The zero-order valence-electron chi connectivity index (χ0n) is 15.4. The summed E-state index contributed by atoms with van der Waals surface area (Å²) in [6, 6.07) is 12.8. The molecule has 1 aromatic heterocycles. The lowest BCUT2D eigenvalue weighted by molar-refractivity contribution is 0.284. The Kier molecular flexibility index (Phi) is 6.01. The van der Waals surface area contributed by atoms with Crippen molar-refractivity contribution in [3.63, 3.8) is 0 Å². The molecule has 0 fully saturated rings. The van der Waals surface area contributed by atoms with Crippen LogP contribution >= 0.6 is 0 Å². The number of nitrogens with one attached hydrogen (secondary N) is 2. The molecule has 0 amide bonds. The van der Waals surface area contributed by atoms with Gasteiger partial charge < -0.3 is 9.47 Å². The van der Waals surface area contributed by atoms with Crippen LogP contribution in [0.15, 0.2) is 58.4 Å². The predicted molar refractivity (Wildman–Crippen MR) is 105 cm³/mol. The molecule has 0 aliphatic rings. The minimum absolute atomic E-state index is 0.255. The lowest BCUT2D eigenvalue weighted by Crippen LogP contribution is -2.10. The van der Waals surface area contributed by atoms with Crippen LogP contribution in [0.4, 0.5) is 10.3 Å². The number of aromatic nitrogens is 2. The quantitative estimate of drug-likeness (QED) is 0.484. The molecule has 3 rings (SSSR count). The average Bonchev–Trinajstić information content (AvgIpc) is 2.67. The highest BCUT2D eigenvalue weighted by atomic mass is 19.1. The van der Waals surface area contributed by atoms with Crippen molar-refractivity contribution in [3.05, 3.63) is 81.5 Å². The van der Waals surface area contributed by atoms with E-state index in [4.69, 9.17) is 9.47 Å². The maximum atomic E-state index is 13.0. The van der Waals surface area contributed by atoms with E-state index in [0.29, 0.717) is 17.2 Å². The molecule has 0 aliphatic carbocycles. The molecular weight excluding hydrogens is 363 g/mol. The molecule has 2 N–H and O–H groups in total. The summed E-state index contributed by atoms with van der Waals surface area (Å²) in [5, 5.41) is 4.06. The number of methoxy groups -OCH3 is 1. The molecule has 0 unspecified atom stereocenters. The first-order chi connectivity index (χ1) is 13.5. The molecule has 0 saturated carbocycles. The minimum Gasteiger partial charge on any atom is -0.493 e. The molecule has 144 valence electrons. The maximum Gasteiger partial charge on any atom is 0.252 e. The van der Waals surface area contributed by atoms with E-state index < -0.39 is 0 Å². The lowest BCUT2D eigenvalue weighted by atomic mass is 10.2. The molecule has 0 atom stereocenters. The lowest BCUT2D eigenvalue weighted by Gasteiger charge is -2.11. The molecule has 1 heterocycles. The Hall–Kier alpha value is -3.68. The van der Waals surface area contributed by atoms with Crippen LogP contribution in [0.2, 0.25) is 0 Å². The molecule has 28 heavy (non-hydrogen) atoms. The number of aromatic amines is 1. The summed E-state index contributed by atoms with van der Waals surface area (Å²) in [7, 11) is 1.54. The van der Waals surface area contributed by atoms with E-state index in [0.717, 1.165) is 11.1 Å². The standard InChI is InChI=1S/C20H19FN4O3/c1-13-9-19(26)24-20(23-13)25-22-11-15-5-8-17(18(10-15)27-2)28-12-14-3-6-16(21)7-4-14/h3-11H,12H2,1-2H3,(H2,23,24,25,26)/b22-11-. The topological polar surface area (TPSA) is 88.6 Å². The normalized spacial score (nSPS) is 10.8. The number of hydrogen-bond acceptors (Lipinski definition) is 6. The number of nitrogens with zero attached hydrogens (tertiary/aromatic N) is 2. The third kappa shape index (κ3) is 5.16. The molecule has 2 aromatic carbocycles. The Morgan fingerprint density at radius 2 is 1.96 bits per heavy atom. The highest BCUT2D eigenvalue weighted by Crippen LogP contribution is 2.28. The van der Waals surface area contributed by atoms with Gasteiger partial charge in [-0.2, -0.15) is 5.10 Å². The minimum atomic E-state index is -0.288. The molecule has 8 heteroatoms. The Morgan fingerprint density at radius 3 is 2.68 bits per heavy atom. The molecule has 0 bridgehead atoms. The number of anilines is 1. The van der Waals surface area contributed by atoms with Crippen molar-refractivity contribution < 1.29 is 13.9 Å². The number of ether oxygens (including phenoxy) is 2. The fourth-order valence-electron chi connectivity index (χ4n) is 2.43. The number of hydrogen-bond donors (Lipinski definition) is 2. The van der Waals surface area contributed by atoms with E-state index in [1.807, 2.05) is 0 Å². The summed E-state index contributed by atoms with van der Waals surface area (Å²) in [4.78, 5) is 18.1. The van der Waals surface area contributed by atoms with Crippen molar-refractivity contribution in [2.45, 2.75) is 13.5 Å². The number of benzene rings is 2. The molecule has 0 aliphatic heterocycles. The zero-order chi connectivity index (χ0) is 19.9. The van der Waals surface area contributed by atoms with Gasteiger partial charge in [-0.15, -0.1) is 0 Å². The molecule has 0 radical (unpaired) electrons. The van der Waals surface area contributed by atoms with Gasteiger partial charge in [0, 0.05) is 11.8 Å². The Labute approximate surface area is 160 Å². The SMILES string of the molecule is COc1cc(/C=N\Nc2nc(C)cc(=O)[nH]2)ccc1OCc1ccc(F)cc1. The third-order valence-corrected chi connectivity index (χ3v) is 3.75. The fourth-order valence-corrected chi connectivity index (χ4v) is 2.43. The van der Waals surface area contributed by atoms with E-state index in [-0.39, 0.29) is 23.9 Å². The number of rotatable bonds is 7. The first-order valence-corrected chi connectivity index (χ1v) is 8.46. The first-order valence-electron chi connectivity index (χ1n) is 8.46. The zero-order valence-corrected chi connectivity index (χ0v) is 15.4. The summed E-state index contributed by atoms with van der Waals surface area (Å²) >= 11 is 0. The summed E-state index contributed by atoms with van der Waals surface area (Å²) in [6.45, 7) is 2.01. The van der Waals surface area contributed by atoms with Crippen molar-refractivity contribution in [2.75, 3.05) is 12.5 Å². The molecule has 0 saturated heterocycles. The van der Waals surface area contributed by atoms with Crippen molar-refractivity contribution in [3.8, 4) is 11.5 Å². The number of halogens is 1. The molecule has 7 nitrogen and oxygen atoms in total. The number of H-pyrrole nitrogens is 1. The Balaban J connectivity index is 1.66. The predicted octanol–water partition coefficient (Wildman–Crippen LogP) is 3.25. The van der Waals surface area contributed by atoms with Gasteiger partial charge in [0.2, 0.25) is 5.95 Å². The second kappa shape index (κ2) is 8.81. The van der Waals surface area contributed by atoms with Gasteiger partial charge in [0.1, 0.15) is 12.4 Å². The number of hydrazone groups is 1. The van der Waals surface area contributed by atoms with Crippen LogP contribution in [0.5, 0.6) is 11.5 Å². The van der Waals surface area contributed by atoms with Gasteiger partial charge in [-0.05, 0) is 48.4 Å². The van der Waals surface area contributed by atoms with Crippen LogP contribution in [0.25, 0.3) is 0 Å². The molecule has 3 aromatic rings. The smallest absolute Gasteiger partial charge is 0.252 e. The van der Waals surface area contributed by atoms with Crippen molar-refractivity contribution in [1.29, 1.82) is 0 Å². The van der Waals surface area contributed by atoms with E-state index in [2.05, 4.69) is 20.5 Å². The highest BCUT2D eigenvalue weighted by molar-refractivity contribution is 5.81. The van der Waals surface area contributed by atoms with Crippen LogP contribution in [0.1, 0.15) is 16.8 Å². The first kappa shape index (κ1) is 19.1. The summed E-state index contributed by atoms with van der Waals surface area (Å²) in [5.74, 6) is 1.06. The van der Waals surface area contributed by atoms with E-state index in [9.17, 15) is 9.18 Å². The second-order valence-corrected chi connectivity index (χ2v) is 5.93. The van der Waals surface area contributed by atoms with Crippen molar-refractivity contribution in [1.82, 2.24) is 9.97 Å². The van der Waals surface area contributed by atoms with Crippen LogP contribution in [0, 0.1) is 12.7 Å². The van der Waals surface area contributed by atoms with Crippen molar-refractivity contribution >= 4 is 12.2 Å². The average molecular weight is 382 g/mol. The molecular formula is C20H19FN4O3. The number of aryl methyl sites for hydroxylation is 1. The van der Waals surface area contributed by atoms with Gasteiger partial charge in [-0.1, -0.05) is 12.1 Å². The van der Waals surface area contributed by atoms with E-state index in [1.165, 1.54) is 18.2 Å². The Bertz CT molecular complexity index is 1030. The van der Waals surface area contributed by atoms with Gasteiger partial charge >= 0.3 is 0 Å². The van der Waals surface area contributed by atoms with Crippen LogP contribution < -0.4 is 20.5 Å². The summed E-state index contributed by atoms with van der Waals surface area (Å²) in [6.07, 6.45) is 1.56. The van der Waals surface area contributed by atoms with Crippen LogP contribution in [0.3, 0.4) is 0 Å². The largest absolute Gasteiger partial charge is 0.493 e. The van der Waals surface area contributed by atoms with Gasteiger partial charge in [0.05, 0.1) is 13.3 Å². The summed E-state index contributed by atoms with van der Waals surface area (Å²) < 4.78 is 24.1. The van der Waals surface area contributed by atoms with E-state index in [1.54, 1.807) is 50.6 Å². The highest BCUT2D eigenvalue weighted by Gasteiger charge is 2.06. The second-order valence-electron chi connectivity index (χ2n) is 5.93. The monoisotopic (exact) mass is 382 g/mol. The van der Waals surface area contributed by atoms with Gasteiger partial charge in [-0.25, -0.2) is 14.8 Å². The van der Waals surface area contributed by atoms with Gasteiger partial charge in [0.15, 0.2) is 11.5 Å². The van der Waals surface area contributed by atoms with Gasteiger partial charge in [0.25, 0.3) is 5.56 Å².